The molecule has 0 aromatic heterocycles. The van der Waals surface area contributed by atoms with Crippen LogP contribution in [0.25, 0.3) is 0 Å². The van der Waals surface area contributed by atoms with Gasteiger partial charge >= 0.3 is 0 Å². The average molecular weight is 298 g/mol. The summed E-state index contributed by atoms with van der Waals surface area (Å²) >= 11 is 0. The van der Waals surface area contributed by atoms with E-state index in [2.05, 4.69) is 29.3 Å². The Balaban J connectivity index is 2.47. The molecule has 20 heavy (non-hydrogen) atoms. The van der Waals surface area contributed by atoms with E-state index in [1.54, 1.807) is 0 Å². The summed E-state index contributed by atoms with van der Waals surface area (Å²) in [6.45, 7) is 4.49. The van der Waals surface area contributed by atoms with Gasteiger partial charge in [-0.05, 0) is 32.1 Å². The van der Waals surface area contributed by atoms with Crippen LogP contribution in [0.15, 0.2) is 30.3 Å². The number of sulfone groups is 1. The predicted molar refractivity (Wildman–Crippen MR) is 84.7 cm³/mol. The van der Waals surface area contributed by atoms with Crippen LogP contribution in [0.1, 0.15) is 24.9 Å². The van der Waals surface area contributed by atoms with Crippen molar-refractivity contribution in [2.75, 3.05) is 38.7 Å². The molecule has 0 fully saturated rings. The highest BCUT2D eigenvalue weighted by Gasteiger charge is 2.12. The van der Waals surface area contributed by atoms with E-state index in [4.69, 9.17) is 0 Å². The molecule has 0 aliphatic heterocycles. The zero-order chi connectivity index (χ0) is 15.0. The highest BCUT2D eigenvalue weighted by Crippen LogP contribution is 2.16. The van der Waals surface area contributed by atoms with Crippen LogP contribution < -0.4 is 5.32 Å². The Morgan fingerprint density at radius 3 is 2.40 bits per heavy atom. The minimum Gasteiger partial charge on any atom is -0.310 e. The molecule has 1 aromatic rings. The highest BCUT2D eigenvalue weighted by atomic mass is 32.2. The largest absolute Gasteiger partial charge is 0.310 e. The Morgan fingerprint density at radius 1 is 1.20 bits per heavy atom. The van der Waals surface area contributed by atoms with Crippen LogP contribution >= 0.6 is 0 Å². The Bertz CT molecular complexity index is 474. The molecular weight excluding hydrogens is 272 g/mol. The SMILES string of the molecule is CCNC(CCN(C)CCS(C)(=O)=O)c1ccccc1. The summed E-state index contributed by atoms with van der Waals surface area (Å²) in [6.07, 6.45) is 2.25. The lowest BCUT2D eigenvalue weighted by Crippen LogP contribution is -2.30. The van der Waals surface area contributed by atoms with Crippen molar-refractivity contribution in [2.45, 2.75) is 19.4 Å². The second-order valence-electron chi connectivity index (χ2n) is 5.24. The first-order valence-corrected chi connectivity index (χ1v) is 9.13. The number of nitrogens with zero attached hydrogens (tertiary/aromatic N) is 1. The molecule has 0 saturated carbocycles. The summed E-state index contributed by atoms with van der Waals surface area (Å²) in [5.74, 6) is 0.223. The lowest BCUT2D eigenvalue weighted by Gasteiger charge is -2.22. The summed E-state index contributed by atoms with van der Waals surface area (Å²) in [6, 6.07) is 10.7. The maximum absolute atomic E-state index is 11.2. The molecule has 0 amide bonds. The molecule has 0 bridgehead atoms. The van der Waals surface area contributed by atoms with Gasteiger partial charge in [0.05, 0.1) is 5.75 Å². The fourth-order valence-electron chi connectivity index (χ4n) is 2.10. The molecule has 0 aliphatic carbocycles. The predicted octanol–water partition coefficient (Wildman–Crippen LogP) is 1.70. The number of hydrogen-bond donors (Lipinski definition) is 1. The third kappa shape index (κ3) is 7.03. The number of nitrogens with one attached hydrogen (secondary N) is 1. The summed E-state index contributed by atoms with van der Waals surface area (Å²) in [5, 5.41) is 3.48. The normalized spacial score (nSPS) is 13.6. The van der Waals surface area contributed by atoms with Gasteiger partial charge < -0.3 is 10.2 Å². The van der Waals surface area contributed by atoms with Crippen molar-refractivity contribution in [3.63, 3.8) is 0 Å². The van der Waals surface area contributed by atoms with Crippen molar-refractivity contribution < 1.29 is 8.42 Å². The smallest absolute Gasteiger partial charge is 0.148 e. The van der Waals surface area contributed by atoms with Gasteiger partial charge in [-0.25, -0.2) is 8.42 Å². The van der Waals surface area contributed by atoms with E-state index in [1.165, 1.54) is 11.8 Å². The molecule has 4 nitrogen and oxygen atoms in total. The Hall–Kier alpha value is -0.910. The van der Waals surface area contributed by atoms with Crippen molar-refractivity contribution in [3.05, 3.63) is 35.9 Å². The molecule has 1 rings (SSSR count). The Morgan fingerprint density at radius 2 is 1.85 bits per heavy atom. The first-order chi connectivity index (χ1) is 9.42. The van der Waals surface area contributed by atoms with Gasteiger partial charge in [0.1, 0.15) is 9.84 Å². The monoisotopic (exact) mass is 298 g/mol. The highest BCUT2D eigenvalue weighted by molar-refractivity contribution is 7.90. The fourth-order valence-corrected chi connectivity index (χ4v) is 2.74. The van der Waals surface area contributed by atoms with Crippen LogP contribution in [0.4, 0.5) is 0 Å². The standard InChI is InChI=1S/C15H26N2O2S/c1-4-16-15(14-8-6-5-7-9-14)10-11-17(2)12-13-20(3,18)19/h5-9,15-16H,4,10-13H2,1-3H3. The fraction of sp³-hybridized carbons (Fsp3) is 0.600. The summed E-state index contributed by atoms with van der Waals surface area (Å²) in [4.78, 5) is 2.08. The van der Waals surface area contributed by atoms with E-state index < -0.39 is 9.84 Å². The molecule has 0 spiro atoms. The number of hydrogen-bond acceptors (Lipinski definition) is 4. The Labute approximate surface area is 123 Å². The molecule has 1 N–H and O–H groups in total. The van der Waals surface area contributed by atoms with E-state index >= 15 is 0 Å². The molecule has 114 valence electrons. The van der Waals surface area contributed by atoms with Crippen LogP contribution in [0.2, 0.25) is 0 Å². The summed E-state index contributed by atoms with van der Waals surface area (Å²) in [7, 11) is -0.906. The lowest BCUT2D eigenvalue weighted by atomic mass is 10.0. The lowest BCUT2D eigenvalue weighted by molar-refractivity contribution is 0.323. The number of rotatable bonds is 9. The van der Waals surface area contributed by atoms with Crippen molar-refractivity contribution in [1.82, 2.24) is 10.2 Å². The van der Waals surface area contributed by atoms with Crippen LogP contribution in [0, 0.1) is 0 Å². The van der Waals surface area contributed by atoms with E-state index in [1.807, 2.05) is 25.2 Å². The minimum absolute atomic E-state index is 0.223. The van der Waals surface area contributed by atoms with Crippen molar-refractivity contribution in [2.24, 2.45) is 0 Å². The second kappa shape index (κ2) is 8.39. The Kier molecular flexibility index (Phi) is 7.19. The quantitative estimate of drug-likeness (QED) is 0.754. The van der Waals surface area contributed by atoms with Crippen LogP contribution in [-0.4, -0.2) is 52.0 Å². The van der Waals surface area contributed by atoms with Crippen molar-refractivity contribution in [1.29, 1.82) is 0 Å². The summed E-state index contributed by atoms with van der Waals surface area (Å²) in [5.41, 5.74) is 1.28. The molecule has 0 aliphatic rings. The minimum atomic E-state index is -2.88. The summed E-state index contributed by atoms with van der Waals surface area (Å²) < 4.78 is 22.3. The maximum Gasteiger partial charge on any atom is 0.148 e. The molecular formula is C15H26N2O2S. The van der Waals surface area contributed by atoms with Crippen molar-refractivity contribution in [3.8, 4) is 0 Å². The zero-order valence-corrected chi connectivity index (χ0v) is 13.5. The first-order valence-electron chi connectivity index (χ1n) is 7.07. The molecule has 1 unspecified atom stereocenters. The average Bonchev–Trinajstić information content (AvgIpc) is 2.41. The second-order valence-corrected chi connectivity index (χ2v) is 7.50. The van der Waals surface area contributed by atoms with Gasteiger partial charge in [0, 0.05) is 18.8 Å². The van der Waals surface area contributed by atoms with Gasteiger partial charge in [0.15, 0.2) is 0 Å². The molecule has 5 heteroatoms. The van der Waals surface area contributed by atoms with E-state index in [0.717, 1.165) is 19.5 Å². The van der Waals surface area contributed by atoms with Crippen molar-refractivity contribution >= 4 is 9.84 Å². The van der Waals surface area contributed by atoms with Gasteiger partial charge in [-0.15, -0.1) is 0 Å². The first kappa shape index (κ1) is 17.1. The molecule has 1 atom stereocenters. The molecule has 1 aromatic carbocycles. The van der Waals surface area contributed by atoms with Crippen LogP contribution in [-0.2, 0) is 9.84 Å². The molecule has 0 heterocycles. The molecule has 0 saturated heterocycles. The van der Waals surface area contributed by atoms with Gasteiger partial charge in [-0.2, -0.15) is 0 Å². The van der Waals surface area contributed by atoms with Gasteiger partial charge in [-0.1, -0.05) is 37.3 Å². The van der Waals surface area contributed by atoms with Gasteiger partial charge in [0.25, 0.3) is 0 Å². The number of benzene rings is 1. The third-order valence-electron chi connectivity index (χ3n) is 3.30. The topological polar surface area (TPSA) is 49.4 Å². The molecule has 0 radical (unpaired) electrons. The zero-order valence-electron chi connectivity index (χ0n) is 12.7. The van der Waals surface area contributed by atoms with E-state index in [-0.39, 0.29) is 5.75 Å². The van der Waals surface area contributed by atoms with Crippen LogP contribution in [0.3, 0.4) is 0 Å². The van der Waals surface area contributed by atoms with Crippen LogP contribution in [0.5, 0.6) is 0 Å². The van der Waals surface area contributed by atoms with E-state index in [9.17, 15) is 8.42 Å². The maximum atomic E-state index is 11.2. The van der Waals surface area contributed by atoms with Gasteiger partial charge in [-0.3, -0.25) is 0 Å². The third-order valence-corrected chi connectivity index (χ3v) is 4.22. The van der Waals surface area contributed by atoms with E-state index in [0.29, 0.717) is 12.6 Å². The van der Waals surface area contributed by atoms with Gasteiger partial charge in [0.2, 0.25) is 0 Å².